The van der Waals surface area contributed by atoms with Gasteiger partial charge in [-0.1, -0.05) is 6.92 Å². The Kier molecular flexibility index (Phi) is 2.20. The highest BCUT2D eigenvalue weighted by molar-refractivity contribution is 6.15. The molecule has 4 aliphatic carbocycles. The molecular weight excluding hydrogens is 232 g/mol. The van der Waals surface area contributed by atoms with E-state index in [9.17, 15) is 19.8 Å². The fourth-order valence-corrected chi connectivity index (χ4v) is 4.89. The van der Waals surface area contributed by atoms with Gasteiger partial charge in [-0.3, -0.25) is 9.59 Å². The number of rotatable bonds is 0. The summed E-state index contributed by atoms with van der Waals surface area (Å²) < 4.78 is 0. The lowest BCUT2D eigenvalue weighted by Crippen LogP contribution is -2.75. The van der Waals surface area contributed by atoms with E-state index >= 15 is 0 Å². The summed E-state index contributed by atoms with van der Waals surface area (Å²) in [6.07, 6.45) is 0.683. The highest BCUT2D eigenvalue weighted by Gasteiger charge is 2.73. The van der Waals surface area contributed by atoms with Gasteiger partial charge in [0.25, 0.3) is 0 Å². The summed E-state index contributed by atoms with van der Waals surface area (Å²) in [6, 6.07) is 0. The van der Waals surface area contributed by atoms with Gasteiger partial charge in [0.2, 0.25) is 0 Å². The number of hydrogen-bond acceptors (Lipinski definition) is 4. The first-order valence-corrected chi connectivity index (χ1v) is 6.73. The van der Waals surface area contributed by atoms with Crippen molar-refractivity contribution in [2.45, 2.75) is 45.3 Å². The van der Waals surface area contributed by atoms with E-state index in [1.807, 2.05) is 6.92 Å². The SMILES string of the molecule is CC1C2CCC(O)C3C(=O)C1(C)C(=O)C(C)(O)C23. The van der Waals surface area contributed by atoms with Gasteiger partial charge in [0.05, 0.1) is 17.4 Å². The summed E-state index contributed by atoms with van der Waals surface area (Å²) in [5, 5.41) is 20.6. The topological polar surface area (TPSA) is 74.6 Å². The van der Waals surface area contributed by atoms with E-state index in [1.54, 1.807) is 6.92 Å². The Morgan fingerprint density at radius 2 is 1.83 bits per heavy atom. The average molecular weight is 252 g/mol. The van der Waals surface area contributed by atoms with Crippen LogP contribution in [0.25, 0.3) is 0 Å². The van der Waals surface area contributed by atoms with E-state index in [1.165, 1.54) is 6.92 Å². The Morgan fingerprint density at radius 1 is 1.22 bits per heavy atom. The second kappa shape index (κ2) is 3.23. The first-order chi connectivity index (χ1) is 8.24. The maximum Gasteiger partial charge on any atom is 0.177 e. The number of aliphatic hydroxyl groups is 2. The molecule has 0 radical (unpaired) electrons. The predicted octanol–water partition coefficient (Wildman–Crippen LogP) is 0.548. The van der Waals surface area contributed by atoms with Gasteiger partial charge in [0.1, 0.15) is 5.60 Å². The Hall–Kier alpha value is -0.740. The third-order valence-corrected chi connectivity index (χ3v) is 6.01. The molecule has 4 heteroatoms. The van der Waals surface area contributed by atoms with Crippen molar-refractivity contribution in [3.63, 3.8) is 0 Å². The van der Waals surface area contributed by atoms with Crippen LogP contribution in [0.3, 0.4) is 0 Å². The molecular formula is C14H20O4. The maximum absolute atomic E-state index is 12.5. The third-order valence-electron chi connectivity index (χ3n) is 6.01. The molecule has 4 aliphatic rings. The van der Waals surface area contributed by atoms with Gasteiger partial charge in [-0.15, -0.1) is 0 Å². The summed E-state index contributed by atoms with van der Waals surface area (Å²) in [5.74, 6) is -1.34. The van der Waals surface area contributed by atoms with Gasteiger partial charge in [0, 0.05) is 5.92 Å². The highest BCUT2D eigenvalue weighted by atomic mass is 16.3. The summed E-state index contributed by atoms with van der Waals surface area (Å²) in [5.41, 5.74) is -2.58. The van der Waals surface area contributed by atoms with Crippen molar-refractivity contribution >= 4 is 11.6 Å². The monoisotopic (exact) mass is 252 g/mol. The lowest BCUT2D eigenvalue weighted by molar-refractivity contribution is -0.216. The summed E-state index contributed by atoms with van der Waals surface area (Å²) in [6.45, 7) is 5.12. The standard InChI is InChI=1S/C14H20O4/c1-6-7-4-5-8(15)9-10(7)14(3,18)12(17)13(6,2)11(9)16/h6-10,15,18H,4-5H2,1-3H3. The van der Waals surface area contributed by atoms with Crippen LogP contribution in [0.2, 0.25) is 0 Å². The van der Waals surface area contributed by atoms with Crippen molar-refractivity contribution in [3.05, 3.63) is 0 Å². The number of hydrogen-bond donors (Lipinski definition) is 2. The van der Waals surface area contributed by atoms with Crippen LogP contribution in [0.1, 0.15) is 33.6 Å². The van der Waals surface area contributed by atoms with Crippen LogP contribution in [0, 0.1) is 29.1 Å². The lowest BCUT2D eigenvalue weighted by Gasteiger charge is -2.63. The van der Waals surface area contributed by atoms with E-state index < -0.39 is 29.0 Å². The molecule has 4 rings (SSSR count). The largest absolute Gasteiger partial charge is 0.392 e. The maximum atomic E-state index is 12.5. The van der Waals surface area contributed by atoms with Crippen LogP contribution in [0.4, 0.5) is 0 Å². The van der Waals surface area contributed by atoms with Gasteiger partial charge in [-0.2, -0.15) is 0 Å². The minimum atomic E-state index is -1.47. The molecule has 0 heterocycles. The molecule has 4 saturated carbocycles. The second-order valence-corrected chi connectivity index (χ2v) is 6.69. The van der Waals surface area contributed by atoms with Gasteiger partial charge < -0.3 is 10.2 Å². The molecule has 4 fully saturated rings. The molecule has 0 aromatic rings. The Bertz CT molecular complexity index is 441. The van der Waals surface area contributed by atoms with Gasteiger partial charge in [0.15, 0.2) is 11.6 Å². The van der Waals surface area contributed by atoms with Crippen LogP contribution < -0.4 is 0 Å². The van der Waals surface area contributed by atoms with Crippen molar-refractivity contribution in [2.24, 2.45) is 29.1 Å². The molecule has 4 bridgehead atoms. The molecule has 7 atom stereocenters. The van der Waals surface area contributed by atoms with Crippen molar-refractivity contribution < 1.29 is 19.8 Å². The number of carbonyl (C=O) groups excluding carboxylic acids is 2. The fraction of sp³-hybridized carbons (Fsp3) is 0.857. The van der Waals surface area contributed by atoms with E-state index in [-0.39, 0.29) is 23.4 Å². The quantitative estimate of drug-likeness (QED) is 0.617. The molecule has 18 heavy (non-hydrogen) atoms. The van der Waals surface area contributed by atoms with Crippen molar-refractivity contribution in [1.29, 1.82) is 0 Å². The Balaban J connectivity index is 2.22. The Morgan fingerprint density at radius 3 is 2.44 bits per heavy atom. The molecule has 7 unspecified atom stereocenters. The molecule has 0 aliphatic heterocycles. The van der Waals surface area contributed by atoms with Crippen molar-refractivity contribution in [2.75, 3.05) is 0 Å². The summed E-state index contributed by atoms with van der Waals surface area (Å²) >= 11 is 0. The van der Waals surface area contributed by atoms with E-state index in [2.05, 4.69) is 0 Å². The number of fused-ring (bicyclic) bond motifs is 1. The van der Waals surface area contributed by atoms with Crippen molar-refractivity contribution in [3.8, 4) is 0 Å². The van der Waals surface area contributed by atoms with Gasteiger partial charge in [-0.05, 0) is 38.5 Å². The van der Waals surface area contributed by atoms with Crippen molar-refractivity contribution in [1.82, 2.24) is 0 Å². The zero-order valence-electron chi connectivity index (χ0n) is 11.0. The minimum Gasteiger partial charge on any atom is -0.392 e. The zero-order chi connectivity index (χ0) is 13.5. The molecule has 0 aromatic carbocycles. The minimum absolute atomic E-state index is 0.0357. The Labute approximate surface area is 106 Å². The normalized spacial score (nSPS) is 59.1. The number of Topliss-reactive ketones (excluding diaryl/α,β-unsaturated/α-hetero) is 2. The van der Waals surface area contributed by atoms with E-state index in [0.717, 1.165) is 6.42 Å². The van der Waals surface area contributed by atoms with Crippen LogP contribution in [-0.2, 0) is 9.59 Å². The molecule has 0 saturated heterocycles. The lowest BCUT2D eigenvalue weighted by atomic mass is 9.39. The molecule has 0 aromatic heterocycles. The first kappa shape index (κ1) is 12.3. The van der Waals surface area contributed by atoms with E-state index in [4.69, 9.17) is 0 Å². The summed E-state index contributed by atoms with van der Waals surface area (Å²) in [7, 11) is 0. The second-order valence-electron chi connectivity index (χ2n) is 6.69. The third kappa shape index (κ3) is 1.05. The highest BCUT2D eigenvalue weighted by Crippen LogP contribution is 2.62. The number of carbonyl (C=O) groups is 2. The fourth-order valence-electron chi connectivity index (χ4n) is 4.89. The van der Waals surface area contributed by atoms with E-state index in [0.29, 0.717) is 6.42 Å². The summed E-state index contributed by atoms with van der Waals surface area (Å²) in [4.78, 5) is 25.0. The molecule has 0 spiro atoms. The van der Waals surface area contributed by atoms with Crippen LogP contribution in [0.5, 0.6) is 0 Å². The molecule has 2 N–H and O–H groups in total. The molecule has 0 amide bonds. The molecule has 4 nitrogen and oxygen atoms in total. The zero-order valence-corrected chi connectivity index (χ0v) is 11.0. The van der Waals surface area contributed by atoms with Gasteiger partial charge >= 0.3 is 0 Å². The predicted molar refractivity (Wildman–Crippen MR) is 63.6 cm³/mol. The molecule has 100 valence electrons. The van der Waals surface area contributed by atoms with Crippen LogP contribution >= 0.6 is 0 Å². The van der Waals surface area contributed by atoms with Crippen LogP contribution in [0.15, 0.2) is 0 Å². The number of ketones is 2. The number of aliphatic hydroxyl groups excluding tert-OH is 1. The van der Waals surface area contributed by atoms with Gasteiger partial charge in [-0.25, -0.2) is 0 Å². The van der Waals surface area contributed by atoms with Crippen LogP contribution in [-0.4, -0.2) is 33.5 Å². The smallest absolute Gasteiger partial charge is 0.177 e. The average Bonchev–Trinajstić information content (AvgIpc) is 2.31. The first-order valence-electron chi connectivity index (χ1n) is 6.73.